The lowest BCUT2D eigenvalue weighted by Gasteiger charge is -2.31. The van der Waals surface area contributed by atoms with E-state index in [1.54, 1.807) is 18.4 Å². The van der Waals surface area contributed by atoms with Crippen LogP contribution in [-0.4, -0.2) is 46.2 Å². The minimum atomic E-state index is -1.02. The summed E-state index contributed by atoms with van der Waals surface area (Å²) in [4.78, 5) is 47.0. The van der Waals surface area contributed by atoms with Gasteiger partial charge in [0.15, 0.2) is 0 Å². The Kier molecular flexibility index (Phi) is 4.59. The van der Waals surface area contributed by atoms with Crippen LogP contribution in [0.1, 0.15) is 28.3 Å². The summed E-state index contributed by atoms with van der Waals surface area (Å²) >= 11 is 3.14. The summed E-state index contributed by atoms with van der Waals surface area (Å²) < 4.78 is 1.06. The number of urea groups is 1. The molecule has 5 rings (SSSR count). The number of carbonyl (C=O) groups excluding carboxylic acids is 3. The summed E-state index contributed by atoms with van der Waals surface area (Å²) in [7, 11) is 1.67. The van der Waals surface area contributed by atoms with E-state index >= 15 is 0 Å². The van der Waals surface area contributed by atoms with Crippen molar-refractivity contribution in [1.29, 1.82) is 0 Å². The smallest absolute Gasteiger partial charge is 0.325 e. The Bertz CT molecular complexity index is 1140. The molecule has 2 aliphatic rings. The van der Waals surface area contributed by atoms with Crippen molar-refractivity contribution in [2.75, 3.05) is 13.6 Å². The van der Waals surface area contributed by atoms with Gasteiger partial charge >= 0.3 is 6.03 Å². The number of rotatable bonds is 4. The van der Waals surface area contributed by atoms with Crippen molar-refractivity contribution in [3.63, 3.8) is 0 Å². The van der Waals surface area contributed by atoms with Crippen LogP contribution < -0.4 is 5.32 Å². The number of benzene rings is 1. The van der Waals surface area contributed by atoms with Crippen molar-refractivity contribution in [2.45, 2.75) is 31.3 Å². The lowest BCUT2D eigenvalue weighted by atomic mass is 9.80. The molecule has 3 aromatic rings. The number of nitrogens with zero attached hydrogens (tertiary/aromatic N) is 3. The number of nitrogens with one attached hydrogen (secondary N) is 1. The van der Waals surface area contributed by atoms with E-state index in [0.29, 0.717) is 13.0 Å². The Hall–Kier alpha value is -2.78. The van der Waals surface area contributed by atoms with Gasteiger partial charge in [0.1, 0.15) is 17.1 Å². The standard InChI is InChI=1S/C21H20N4O3S2/c1-24(11-17-22-14-5-2-3-6-16(14)30-17)18(26)12-25-19(27)21(23-20(25)28)9-4-7-15-13(21)8-10-29-15/h2-3,5-6,8,10H,4,7,9,11-12H2,1H3,(H,23,28)/t21-/m0/s1. The van der Waals surface area contributed by atoms with E-state index in [1.807, 2.05) is 35.7 Å². The third-order valence-corrected chi connectivity index (χ3v) is 7.77. The van der Waals surface area contributed by atoms with E-state index in [0.717, 1.165) is 43.4 Å². The predicted molar refractivity (Wildman–Crippen MR) is 115 cm³/mol. The molecule has 0 bridgehead atoms. The fourth-order valence-electron chi connectivity index (χ4n) is 4.22. The van der Waals surface area contributed by atoms with Gasteiger partial charge in [-0.2, -0.15) is 0 Å². The van der Waals surface area contributed by atoms with Crippen LogP contribution in [0.5, 0.6) is 0 Å². The highest BCUT2D eigenvalue weighted by Crippen LogP contribution is 2.42. The summed E-state index contributed by atoms with van der Waals surface area (Å²) in [5.41, 5.74) is 0.768. The van der Waals surface area contributed by atoms with Gasteiger partial charge in [-0.25, -0.2) is 9.78 Å². The molecule has 154 valence electrons. The first-order valence-electron chi connectivity index (χ1n) is 9.77. The number of hydrogen-bond donors (Lipinski definition) is 1. The lowest BCUT2D eigenvalue weighted by molar-refractivity contribution is -0.139. The van der Waals surface area contributed by atoms with Crippen molar-refractivity contribution in [3.05, 3.63) is 51.2 Å². The van der Waals surface area contributed by atoms with E-state index < -0.39 is 11.6 Å². The number of amides is 4. The third-order valence-electron chi connectivity index (χ3n) is 5.77. The fourth-order valence-corrected chi connectivity index (χ4v) is 6.24. The predicted octanol–water partition coefficient (Wildman–Crippen LogP) is 3.10. The molecule has 7 nitrogen and oxygen atoms in total. The Morgan fingerprint density at radius 3 is 2.97 bits per heavy atom. The molecule has 1 fully saturated rings. The van der Waals surface area contributed by atoms with Gasteiger partial charge in [-0.05, 0) is 42.8 Å². The van der Waals surface area contributed by atoms with Crippen LogP contribution in [0.25, 0.3) is 10.2 Å². The molecule has 0 radical (unpaired) electrons. The summed E-state index contributed by atoms with van der Waals surface area (Å²) in [6.07, 6.45) is 2.31. The molecule has 4 amide bonds. The number of fused-ring (bicyclic) bond motifs is 3. The fraction of sp³-hybridized carbons (Fsp3) is 0.333. The quantitative estimate of drug-likeness (QED) is 0.632. The Morgan fingerprint density at radius 2 is 2.13 bits per heavy atom. The molecule has 9 heteroatoms. The molecule has 30 heavy (non-hydrogen) atoms. The van der Waals surface area contributed by atoms with Crippen molar-refractivity contribution in [3.8, 4) is 0 Å². The van der Waals surface area contributed by atoms with Gasteiger partial charge in [-0.1, -0.05) is 12.1 Å². The number of imide groups is 1. The molecule has 1 atom stereocenters. The second kappa shape index (κ2) is 7.17. The molecule has 0 unspecified atom stereocenters. The zero-order valence-corrected chi connectivity index (χ0v) is 18.0. The number of thiophene rings is 1. The molecule has 1 N–H and O–H groups in total. The molecular weight excluding hydrogens is 420 g/mol. The molecule has 3 heterocycles. The normalized spacial score (nSPS) is 20.6. The molecular formula is C21H20N4O3S2. The summed E-state index contributed by atoms with van der Waals surface area (Å²) in [5, 5.41) is 5.66. The SMILES string of the molecule is CN(Cc1nc2ccccc2s1)C(=O)CN1C(=O)N[C@]2(CCCc3sccc32)C1=O. The second-order valence-electron chi connectivity index (χ2n) is 7.66. The molecule has 1 aliphatic carbocycles. The van der Waals surface area contributed by atoms with E-state index in [9.17, 15) is 14.4 Å². The number of aromatic nitrogens is 1. The van der Waals surface area contributed by atoms with Crippen LogP contribution in [0.4, 0.5) is 4.79 Å². The summed E-state index contributed by atoms with van der Waals surface area (Å²) in [6.45, 7) is 0.0644. The topological polar surface area (TPSA) is 82.6 Å². The van der Waals surface area contributed by atoms with Crippen LogP contribution in [0.2, 0.25) is 0 Å². The minimum Gasteiger partial charge on any atom is -0.337 e. The highest BCUT2D eigenvalue weighted by atomic mass is 32.1. The van der Waals surface area contributed by atoms with E-state index in [1.165, 1.54) is 16.2 Å². The maximum atomic E-state index is 13.3. The van der Waals surface area contributed by atoms with Crippen LogP contribution >= 0.6 is 22.7 Å². The van der Waals surface area contributed by atoms with Gasteiger partial charge in [0.2, 0.25) is 5.91 Å². The Labute approximate surface area is 181 Å². The average Bonchev–Trinajstić information content (AvgIpc) is 3.42. The Balaban J connectivity index is 1.31. The maximum absolute atomic E-state index is 13.3. The lowest BCUT2D eigenvalue weighted by Crippen LogP contribution is -2.46. The third kappa shape index (κ3) is 3.00. The number of para-hydroxylation sites is 1. The molecule has 1 aromatic carbocycles. The zero-order valence-electron chi connectivity index (χ0n) is 16.4. The average molecular weight is 441 g/mol. The van der Waals surface area contributed by atoms with Gasteiger partial charge in [-0.15, -0.1) is 22.7 Å². The van der Waals surface area contributed by atoms with E-state index in [-0.39, 0.29) is 18.4 Å². The van der Waals surface area contributed by atoms with Crippen LogP contribution in [0, 0.1) is 0 Å². The summed E-state index contributed by atoms with van der Waals surface area (Å²) in [6, 6.07) is 9.23. The van der Waals surface area contributed by atoms with Gasteiger partial charge in [0.25, 0.3) is 5.91 Å². The highest BCUT2D eigenvalue weighted by Gasteiger charge is 2.54. The van der Waals surface area contributed by atoms with E-state index in [2.05, 4.69) is 10.3 Å². The number of hydrogen-bond acceptors (Lipinski definition) is 6. The van der Waals surface area contributed by atoms with Gasteiger partial charge < -0.3 is 10.2 Å². The van der Waals surface area contributed by atoms with Crippen molar-refractivity contribution in [2.24, 2.45) is 0 Å². The van der Waals surface area contributed by atoms with Crippen molar-refractivity contribution >= 4 is 50.7 Å². The van der Waals surface area contributed by atoms with Gasteiger partial charge in [0.05, 0.1) is 16.8 Å². The van der Waals surface area contributed by atoms with Crippen molar-refractivity contribution < 1.29 is 14.4 Å². The van der Waals surface area contributed by atoms with Crippen LogP contribution in [0.15, 0.2) is 35.7 Å². The molecule has 1 aliphatic heterocycles. The Morgan fingerprint density at radius 1 is 1.30 bits per heavy atom. The highest BCUT2D eigenvalue weighted by molar-refractivity contribution is 7.18. The molecule has 0 saturated carbocycles. The minimum absolute atomic E-state index is 0.271. The molecule has 1 spiro atoms. The maximum Gasteiger partial charge on any atom is 0.325 e. The number of aryl methyl sites for hydroxylation is 1. The van der Waals surface area contributed by atoms with Crippen LogP contribution in [0.3, 0.4) is 0 Å². The van der Waals surface area contributed by atoms with Gasteiger partial charge in [0, 0.05) is 17.5 Å². The second-order valence-corrected chi connectivity index (χ2v) is 9.78. The largest absolute Gasteiger partial charge is 0.337 e. The number of likely N-dealkylation sites (N-methyl/N-ethyl adjacent to an activating group) is 1. The monoisotopic (exact) mass is 440 g/mol. The first-order valence-corrected chi connectivity index (χ1v) is 11.5. The number of thiazole rings is 1. The zero-order chi connectivity index (χ0) is 20.9. The van der Waals surface area contributed by atoms with Crippen molar-refractivity contribution in [1.82, 2.24) is 20.1 Å². The number of carbonyl (C=O) groups is 3. The van der Waals surface area contributed by atoms with Gasteiger partial charge in [-0.3, -0.25) is 14.5 Å². The molecule has 1 saturated heterocycles. The molecule has 2 aromatic heterocycles. The first kappa shape index (κ1) is 19.2. The van der Waals surface area contributed by atoms with E-state index in [4.69, 9.17) is 0 Å². The van der Waals surface area contributed by atoms with Crippen LogP contribution in [-0.2, 0) is 28.1 Å². The first-order chi connectivity index (χ1) is 14.5. The summed E-state index contributed by atoms with van der Waals surface area (Å²) in [5.74, 6) is -0.621.